The minimum absolute atomic E-state index is 0.0226. The third kappa shape index (κ3) is 5.98. The first kappa shape index (κ1) is 29.1. The van der Waals surface area contributed by atoms with Gasteiger partial charge in [-0.3, -0.25) is 19.4 Å². The molecule has 0 aromatic carbocycles. The van der Waals surface area contributed by atoms with E-state index in [4.69, 9.17) is 0 Å². The number of likely N-dealkylation sites (tertiary alicyclic amines) is 2. The van der Waals surface area contributed by atoms with Gasteiger partial charge in [-0.15, -0.1) is 0 Å². The highest BCUT2D eigenvalue weighted by Crippen LogP contribution is 2.42. The fourth-order valence-corrected chi connectivity index (χ4v) is 6.89. The molecule has 2 aliphatic rings. The zero-order valence-corrected chi connectivity index (χ0v) is 24.1. The molecule has 0 saturated carbocycles. The zero-order chi connectivity index (χ0) is 26.1. The molecule has 198 valence electrons. The minimum Gasteiger partial charge on any atom is -0.322 e. The molecule has 34 heavy (non-hydrogen) atoms. The molecule has 0 aromatic rings. The van der Waals surface area contributed by atoms with E-state index in [-0.39, 0.29) is 40.4 Å². The summed E-state index contributed by atoms with van der Waals surface area (Å²) in [4.78, 5) is 34.5. The van der Waals surface area contributed by atoms with Crippen molar-refractivity contribution in [3.63, 3.8) is 0 Å². The van der Waals surface area contributed by atoms with Crippen LogP contribution < -0.4 is 0 Å². The Morgan fingerprint density at radius 2 is 1.03 bits per heavy atom. The normalized spacial score (nSPS) is 25.3. The lowest BCUT2D eigenvalue weighted by Gasteiger charge is -2.58. The maximum absolute atomic E-state index is 12.8. The van der Waals surface area contributed by atoms with Crippen LogP contribution >= 0.6 is 0 Å². The van der Waals surface area contributed by atoms with Crippen LogP contribution in [0.2, 0.25) is 0 Å². The molecule has 0 aliphatic carbocycles. The first-order valence-electron chi connectivity index (χ1n) is 13.5. The third-order valence-electron chi connectivity index (χ3n) is 9.41. The Hall–Kier alpha value is -1.14. The maximum atomic E-state index is 12.8. The number of amides is 2. The first-order valence-corrected chi connectivity index (χ1v) is 13.5. The van der Waals surface area contributed by atoms with Gasteiger partial charge in [0.15, 0.2) is 0 Å². The van der Waals surface area contributed by atoms with Crippen LogP contribution in [0.1, 0.15) is 114 Å². The van der Waals surface area contributed by atoms with Gasteiger partial charge < -0.3 is 9.80 Å². The van der Waals surface area contributed by atoms with Crippen LogP contribution in [0, 0.1) is 0 Å². The predicted octanol–water partition coefficient (Wildman–Crippen LogP) is 5.11. The molecule has 0 spiro atoms. The fraction of sp³-hybridized carbons (Fsp3) is 0.929. The second kappa shape index (κ2) is 10.5. The molecule has 2 rings (SSSR count). The van der Waals surface area contributed by atoms with E-state index in [1.54, 1.807) is 0 Å². The highest BCUT2D eigenvalue weighted by atomic mass is 16.1. The number of hydrogen-bond donors (Lipinski definition) is 0. The molecule has 2 saturated heterocycles. The Labute approximate surface area is 210 Å². The molecule has 6 heteroatoms. The van der Waals surface area contributed by atoms with E-state index in [0.29, 0.717) is 0 Å². The van der Waals surface area contributed by atoms with Gasteiger partial charge in [0.2, 0.25) is 12.8 Å². The Kier molecular flexibility index (Phi) is 8.95. The average molecular weight is 479 g/mol. The van der Waals surface area contributed by atoms with Gasteiger partial charge in [0.25, 0.3) is 0 Å². The topological polar surface area (TPSA) is 47.1 Å². The van der Waals surface area contributed by atoms with Gasteiger partial charge in [0.05, 0.1) is 0 Å². The summed E-state index contributed by atoms with van der Waals surface area (Å²) < 4.78 is 0. The van der Waals surface area contributed by atoms with Crippen molar-refractivity contribution >= 4 is 12.8 Å². The maximum Gasteiger partial charge on any atom is 0.211 e. The van der Waals surface area contributed by atoms with Crippen LogP contribution in [-0.4, -0.2) is 86.9 Å². The molecule has 2 aliphatic heterocycles. The number of piperidine rings is 2. The van der Waals surface area contributed by atoms with E-state index in [0.717, 1.165) is 64.2 Å². The van der Waals surface area contributed by atoms with E-state index < -0.39 is 0 Å². The summed E-state index contributed by atoms with van der Waals surface area (Å²) in [5.41, 5.74) is -0.0905. The number of nitrogens with zero attached hydrogens (tertiary/aromatic N) is 4. The smallest absolute Gasteiger partial charge is 0.211 e. The van der Waals surface area contributed by atoms with Gasteiger partial charge in [0.1, 0.15) is 6.17 Å². The minimum atomic E-state index is -0.193. The molecule has 0 atom stereocenters. The Bertz CT molecular complexity index is 613. The number of carbonyl (C=O) groups excluding carboxylic acids is 2. The summed E-state index contributed by atoms with van der Waals surface area (Å²) in [5, 5.41) is 0. The molecule has 0 aromatic heterocycles. The zero-order valence-electron chi connectivity index (χ0n) is 24.1. The van der Waals surface area contributed by atoms with E-state index in [1.165, 1.54) is 0 Å². The highest BCUT2D eigenvalue weighted by molar-refractivity contribution is 5.53. The van der Waals surface area contributed by atoms with Crippen LogP contribution in [0.5, 0.6) is 0 Å². The number of unbranched alkanes of at least 4 members (excludes halogenated alkanes) is 2. The highest BCUT2D eigenvalue weighted by Gasteiger charge is 2.49. The molecule has 0 N–H and O–H groups in total. The summed E-state index contributed by atoms with van der Waals surface area (Å²) in [6.07, 6.45) is 9.63. The van der Waals surface area contributed by atoms with Crippen molar-refractivity contribution in [3.8, 4) is 0 Å². The van der Waals surface area contributed by atoms with Crippen molar-refractivity contribution in [2.24, 2.45) is 0 Å². The van der Waals surface area contributed by atoms with Gasteiger partial charge in [0, 0.05) is 34.2 Å². The SMILES string of the molecule is CCCCCC(N(C=O)C1CC(C)(C)N(C)C(C)(C)C1)N(C=O)C1CC(C)(C)N(C)C(C)(C)C1. The molecule has 0 unspecified atom stereocenters. The summed E-state index contributed by atoms with van der Waals surface area (Å²) >= 11 is 0. The number of carbonyl (C=O) groups is 2. The molecular formula is C28H54N4O2. The van der Waals surface area contributed by atoms with Crippen molar-refractivity contribution in [2.45, 2.75) is 154 Å². The number of rotatable bonds is 10. The van der Waals surface area contributed by atoms with Crippen LogP contribution in [0.15, 0.2) is 0 Å². The van der Waals surface area contributed by atoms with Crippen LogP contribution in [-0.2, 0) is 9.59 Å². The van der Waals surface area contributed by atoms with Crippen LogP contribution in [0.3, 0.4) is 0 Å². The lowest BCUT2D eigenvalue weighted by molar-refractivity contribution is -0.149. The van der Waals surface area contributed by atoms with Crippen molar-refractivity contribution in [1.82, 2.24) is 19.6 Å². The fourth-order valence-electron chi connectivity index (χ4n) is 6.89. The lowest BCUT2D eigenvalue weighted by atomic mass is 9.76. The van der Waals surface area contributed by atoms with Crippen molar-refractivity contribution < 1.29 is 9.59 Å². The van der Waals surface area contributed by atoms with Gasteiger partial charge in [-0.05, 0) is 108 Å². The molecular weight excluding hydrogens is 424 g/mol. The standard InChI is InChI=1S/C28H54N4O2/c1-12-13-14-15-24(31(20-33)22-16-25(2,3)29(10)26(4,5)17-22)32(21-34)23-18-27(6,7)30(11)28(8,9)19-23/h20-24H,12-19H2,1-11H3. The van der Waals surface area contributed by atoms with E-state index in [1.807, 2.05) is 9.80 Å². The summed E-state index contributed by atoms with van der Waals surface area (Å²) in [6.45, 7) is 20.4. The van der Waals surface area contributed by atoms with Gasteiger partial charge in [-0.1, -0.05) is 19.8 Å². The predicted molar refractivity (Wildman–Crippen MR) is 142 cm³/mol. The molecule has 0 bridgehead atoms. The van der Waals surface area contributed by atoms with Gasteiger partial charge in [-0.25, -0.2) is 0 Å². The van der Waals surface area contributed by atoms with Crippen LogP contribution in [0.4, 0.5) is 0 Å². The second-order valence-electron chi connectivity index (χ2n) is 13.6. The largest absolute Gasteiger partial charge is 0.322 e. The van der Waals surface area contributed by atoms with Crippen molar-refractivity contribution in [1.29, 1.82) is 0 Å². The van der Waals surface area contributed by atoms with Crippen LogP contribution in [0.25, 0.3) is 0 Å². The summed E-state index contributed by atoms with van der Waals surface area (Å²) in [5.74, 6) is 0. The molecule has 2 fully saturated rings. The van der Waals surface area contributed by atoms with Gasteiger partial charge in [-0.2, -0.15) is 0 Å². The third-order valence-corrected chi connectivity index (χ3v) is 9.41. The summed E-state index contributed by atoms with van der Waals surface area (Å²) in [7, 11) is 4.39. The Morgan fingerprint density at radius 1 is 0.706 bits per heavy atom. The molecule has 6 nitrogen and oxygen atoms in total. The quantitative estimate of drug-likeness (QED) is 0.249. The van der Waals surface area contributed by atoms with Crippen molar-refractivity contribution in [3.05, 3.63) is 0 Å². The first-order chi connectivity index (χ1) is 15.5. The number of hydrogen-bond acceptors (Lipinski definition) is 4. The molecule has 2 amide bonds. The van der Waals surface area contributed by atoms with E-state index in [9.17, 15) is 9.59 Å². The Morgan fingerprint density at radius 3 is 1.29 bits per heavy atom. The van der Waals surface area contributed by atoms with Gasteiger partial charge >= 0.3 is 0 Å². The van der Waals surface area contributed by atoms with E-state index in [2.05, 4.69) is 86.2 Å². The second-order valence-corrected chi connectivity index (χ2v) is 13.6. The average Bonchev–Trinajstić information content (AvgIpc) is 2.70. The Balaban J connectivity index is 2.43. The van der Waals surface area contributed by atoms with E-state index >= 15 is 0 Å². The monoisotopic (exact) mass is 478 g/mol. The molecule has 0 radical (unpaired) electrons. The molecule has 2 heterocycles. The van der Waals surface area contributed by atoms with Crippen molar-refractivity contribution in [2.75, 3.05) is 14.1 Å². The summed E-state index contributed by atoms with van der Waals surface area (Å²) in [6, 6.07) is 0.222. The lowest BCUT2D eigenvalue weighted by Crippen LogP contribution is -2.67.